The fraction of sp³-hybridized carbons (Fsp3) is 0.273. The maximum absolute atomic E-state index is 5.70. The Morgan fingerprint density at radius 2 is 1.50 bits per heavy atom. The number of para-hydroxylation sites is 1. The molecule has 3 heterocycles. The lowest BCUT2D eigenvalue weighted by atomic mass is 10.1. The Morgan fingerprint density at radius 3 is 2.32 bits per heavy atom. The number of hydrogen-bond acceptors (Lipinski definition) is 6. The van der Waals surface area contributed by atoms with Gasteiger partial charge in [-0.1, -0.05) is 18.2 Å². The average Bonchev–Trinajstić information content (AvgIpc) is 2.79. The first-order valence-electron chi connectivity index (χ1n) is 9.65. The summed E-state index contributed by atoms with van der Waals surface area (Å²) in [7, 11) is 0. The number of fused-ring (bicyclic) bond motifs is 1. The predicted octanol–water partition coefficient (Wildman–Crippen LogP) is 3.24. The molecule has 6 nitrogen and oxygen atoms in total. The minimum Gasteiger partial charge on any atom is -0.486 e. The van der Waals surface area contributed by atoms with Gasteiger partial charge in [-0.3, -0.25) is 0 Å². The minimum absolute atomic E-state index is 0.581. The van der Waals surface area contributed by atoms with Crippen LogP contribution in [0.3, 0.4) is 0 Å². The Morgan fingerprint density at radius 1 is 0.750 bits per heavy atom. The summed E-state index contributed by atoms with van der Waals surface area (Å²) >= 11 is 0. The molecule has 5 rings (SSSR count). The second-order valence-corrected chi connectivity index (χ2v) is 6.91. The molecule has 0 radical (unpaired) electrons. The van der Waals surface area contributed by atoms with Gasteiger partial charge in [-0.25, -0.2) is 9.97 Å². The van der Waals surface area contributed by atoms with Crippen LogP contribution in [0.4, 0.5) is 11.6 Å². The van der Waals surface area contributed by atoms with E-state index < -0.39 is 0 Å². The van der Waals surface area contributed by atoms with E-state index >= 15 is 0 Å². The summed E-state index contributed by atoms with van der Waals surface area (Å²) in [5.41, 5.74) is 3.18. The number of anilines is 2. The lowest BCUT2D eigenvalue weighted by Crippen LogP contribution is -2.47. The summed E-state index contributed by atoms with van der Waals surface area (Å²) in [5, 5.41) is 0. The highest BCUT2D eigenvalue weighted by Gasteiger charge is 2.20. The van der Waals surface area contributed by atoms with Gasteiger partial charge < -0.3 is 19.3 Å². The van der Waals surface area contributed by atoms with Crippen molar-refractivity contribution in [2.45, 2.75) is 0 Å². The number of rotatable bonds is 3. The van der Waals surface area contributed by atoms with Crippen LogP contribution in [0.2, 0.25) is 0 Å². The minimum atomic E-state index is 0.581. The van der Waals surface area contributed by atoms with Crippen molar-refractivity contribution in [1.82, 2.24) is 9.97 Å². The molecule has 2 aliphatic rings. The van der Waals surface area contributed by atoms with Gasteiger partial charge in [0.15, 0.2) is 11.5 Å². The Labute approximate surface area is 164 Å². The summed E-state index contributed by atoms with van der Waals surface area (Å²) in [6.45, 7) is 4.90. The summed E-state index contributed by atoms with van der Waals surface area (Å²) in [6.07, 6.45) is 1.83. The highest BCUT2D eigenvalue weighted by molar-refractivity contribution is 5.65. The smallest absolute Gasteiger partial charge is 0.225 e. The Balaban J connectivity index is 1.33. The van der Waals surface area contributed by atoms with Crippen LogP contribution < -0.4 is 19.3 Å². The SMILES string of the molecule is c1ccc(N2CCN(c3nccc(-c4ccc5c(c4)OCCO5)n3)CC2)cc1. The number of hydrogen-bond donors (Lipinski definition) is 0. The van der Waals surface area contributed by atoms with E-state index in [1.807, 2.05) is 30.5 Å². The summed E-state index contributed by atoms with van der Waals surface area (Å²) in [4.78, 5) is 14.0. The molecule has 142 valence electrons. The molecule has 1 fully saturated rings. The summed E-state index contributed by atoms with van der Waals surface area (Å²) in [6, 6.07) is 18.4. The standard InChI is InChI=1S/C22H22N4O2/c1-2-4-18(5-3-1)25-10-12-26(13-11-25)22-23-9-8-19(24-22)17-6-7-20-21(16-17)28-15-14-27-20/h1-9,16H,10-15H2. The van der Waals surface area contributed by atoms with Gasteiger partial charge in [0.2, 0.25) is 5.95 Å². The third-order valence-corrected chi connectivity index (χ3v) is 5.16. The molecular weight excluding hydrogens is 352 g/mol. The lowest BCUT2D eigenvalue weighted by molar-refractivity contribution is 0.171. The molecule has 0 saturated carbocycles. The van der Waals surface area contributed by atoms with E-state index in [1.54, 1.807) is 0 Å². The molecule has 0 atom stereocenters. The van der Waals surface area contributed by atoms with Crippen LogP contribution in [0.1, 0.15) is 0 Å². The van der Waals surface area contributed by atoms with Gasteiger partial charge in [0.05, 0.1) is 5.69 Å². The fourth-order valence-corrected chi connectivity index (χ4v) is 3.67. The van der Waals surface area contributed by atoms with E-state index in [0.717, 1.165) is 54.9 Å². The first-order valence-corrected chi connectivity index (χ1v) is 9.65. The van der Waals surface area contributed by atoms with Crippen LogP contribution in [0, 0.1) is 0 Å². The van der Waals surface area contributed by atoms with Gasteiger partial charge >= 0.3 is 0 Å². The molecule has 0 unspecified atom stereocenters. The van der Waals surface area contributed by atoms with Crippen molar-refractivity contribution in [1.29, 1.82) is 0 Å². The van der Waals surface area contributed by atoms with Crippen molar-refractivity contribution < 1.29 is 9.47 Å². The van der Waals surface area contributed by atoms with Gasteiger partial charge in [-0.2, -0.15) is 0 Å². The number of benzene rings is 2. The van der Waals surface area contributed by atoms with Crippen molar-refractivity contribution in [2.24, 2.45) is 0 Å². The van der Waals surface area contributed by atoms with Crippen LogP contribution in [0.25, 0.3) is 11.3 Å². The zero-order valence-corrected chi connectivity index (χ0v) is 15.6. The largest absolute Gasteiger partial charge is 0.486 e. The van der Waals surface area contributed by atoms with Crippen molar-refractivity contribution in [3.8, 4) is 22.8 Å². The van der Waals surface area contributed by atoms with Gasteiger partial charge in [0.1, 0.15) is 13.2 Å². The lowest BCUT2D eigenvalue weighted by Gasteiger charge is -2.36. The molecule has 0 aliphatic carbocycles. The fourth-order valence-electron chi connectivity index (χ4n) is 3.67. The number of ether oxygens (including phenoxy) is 2. The number of nitrogens with zero attached hydrogens (tertiary/aromatic N) is 4. The van der Waals surface area contributed by atoms with Crippen LogP contribution in [0.15, 0.2) is 60.8 Å². The molecule has 6 heteroatoms. The second kappa shape index (κ2) is 7.38. The maximum Gasteiger partial charge on any atom is 0.225 e. The molecule has 28 heavy (non-hydrogen) atoms. The van der Waals surface area contributed by atoms with Crippen LogP contribution in [-0.2, 0) is 0 Å². The highest BCUT2D eigenvalue weighted by atomic mass is 16.6. The van der Waals surface area contributed by atoms with E-state index in [4.69, 9.17) is 14.5 Å². The normalized spacial score (nSPS) is 16.1. The van der Waals surface area contributed by atoms with Gasteiger partial charge in [0.25, 0.3) is 0 Å². The van der Waals surface area contributed by atoms with Crippen LogP contribution in [-0.4, -0.2) is 49.4 Å². The number of aromatic nitrogens is 2. The summed E-state index contributed by atoms with van der Waals surface area (Å²) < 4.78 is 11.3. The zero-order chi connectivity index (χ0) is 18.8. The van der Waals surface area contributed by atoms with E-state index in [-0.39, 0.29) is 0 Å². The molecular formula is C22H22N4O2. The molecule has 3 aromatic rings. The third-order valence-electron chi connectivity index (χ3n) is 5.16. The second-order valence-electron chi connectivity index (χ2n) is 6.91. The number of piperazine rings is 1. The summed E-state index contributed by atoms with van der Waals surface area (Å²) in [5.74, 6) is 2.35. The molecule has 2 aliphatic heterocycles. The molecule has 0 amide bonds. The van der Waals surface area contributed by atoms with E-state index in [1.165, 1.54) is 5.69 Å². The topological polar surface area (TPSA) is 50.7 Å². The average molecular weight is 374 g/mol. The van der Waals surface area contributed by atoms with Crippen molar-refractivity contribution in [2.75, 3.05) is 49.2 Å². The maximum atomic E-state index is 5.70. The van der Waals surface area contributed by atoms with Gasteiger partial charge in [0, 0.05) is 43.6 Å². The molecule has 1 saturated heterocycles. The van der Waals surface area contributed by atoms with Crippen molar-refractivity contribution >= 4 is 11.6 Å². The molecule has 0 N–H and O–H groups in total. The van der Waals surface area contributed by atoms with Gasteiger partial charge in [-0.05, 0) is 36.4 Å². The molecule has 1 aromatic heterocycles. The molecule has 0 bridgehead atoms. The highest BCUT2D eigenvalue weighted by Crippen LogP contribution is 2.34. The first kappa shape index (κ1) is 16.9. The van der Waals surface area contributed by atoms with Crippen molar-refractivity contribution in [3.05, 3.63) is 60.8 Å². The third kappa shape index (κ3) is 3.33. The van der Waals surface area contributed by atoms with Crippen LogP contribution in [0.5, 0.6) is 11.5 Å². The zero-order valence-electron chi connectivity index (χ0n) is 15.6. The van der Waals surface area contributed by atoms with Gasteiger partial charge in [-0.15, -0.1) is 0 Å². The van der Waals surface area contributed by atoms with E-state index in [0.29, 0.717) is 13.2 Å². The monoisotopic (exact) mass is 374 g/mol. The van der Waals surface area contributed by atoms with Crippen molar-refractivity contribution in [3.63, 3.8) is 0 Å². The predicted molar refractivity (Wildman–Crippen MR) is 109 cm³/mol. The quantitative estimate of drug-likeness (QED) is 0.702. The Bertz CT molecular complexity index is 956. The Hall–Kier alpha value is -3.28. The van der Waals surface area contributed by atoms with E-state index in [9.17, 15) is 0 Å². The van der Waals surface area contributed by atoms with E-state index in [2.05, 4.69) is 45.1 Å². The molecule has 0 spiro atoms. The Kier molecular flexibility index (Phi) is 4.45. The first-order chi connectivity index (χ1) is 13.9. The molecule has 2 aromatic carbocycles. The van der Waals surface area contributed by atoms with Crippen LogP contribution >= 0.6 is 0 Å².